The quantitative estimate of drug-likeness (QED) is 0.542. The topological polar surface area (TPSA) is 88.1 Å². The average molecular weight is 368 g/mol. The van der Waals surface area contributed by atoms with Crippen molar-refractivity contribution in [3.05, 3.63) is 0 Å². The molecule has 1 heterocycles. The van der Waals surface area contributed by atoms with E-state index in [0.717, 1.165) is 32.1 Å². The van der Waals surface area contributed by atoms with Crippen LogP contribution in [0.4, 0.5) is 0 Å². The van der Waals surface area contributed by atoms with Crippen molar-refractivity contribution in [2.45, 2.75) is 58.0 Å². The third-order valence-electron chi connectivity index (χ3n) is 6.70. The minimum absolute atomic E-state index is 0.00621. The maximum Gasteiger partial charge on any atom is 0.316 e. The molecule has 0 aromatic heterocycles. The highest BCUT2D eigenvalue weighted by Gasteiger charge is 2.90. The van der Waals surface area contributed by atoms with Gasteiger partial charge < -0.3 is 18.9 Å². The van der Waals surface area contributed by atoms with Gasteiger partial charge in [-0.2, -0.15) is 0 Å². The highest BCUT2D eigenvalue weighted by Crippen LogP contribution is 2.80. The van der Waals surface area contributed by atoms with Crippen LogP contribution in [0.1, 0.15) is 52.4 Å². The Bertz CT molecular complexity index is 603. The molecule has 7 nitrogen and oxygen atoms in total. The number of carbonyl (C=O) groups is 3. The molecule has 1 saturated heterocycles. The average Bonchev–Trinajstić information content (AvgIpc) is 2.98. The second kappa shape index (κ2) is 6.83. The van der Waals surface area contributed by atoms with Gasteiger partial charge in [0.2, 0.25) is 0 Å². The molecule has 146 valence electrons. The Balaban J connectivity index is 2.04. The van der Waals surface area contributed by atoms with Crippen molar-refractivity contribution < 1.29 is 33.3 Å². The molecule has 0 N–H and O–H groups in total. The van der Waals surface area contributed by atoms with E-state index in [0.29, 0.717) is 13.0 Å². The van der Waals surface area contributed by atoms with E-state index >= 15 is 0 Å². The molecule has 0 aromatic carbocycles. The molecule has 0 amide bonds. The summed E-state index contributed by atoms with van der Waals surface area (Å²) < 4.78 is 22.1. The molecule has 0 bridgehead atoms. The van der Waals surface area contributed by atoms with Crippen LogP contribution in [0.2, 0.25) is 0 Å². The Morgan fingerprint density at radius 1 is 1.04 bits per heavy atom. The molecule has 2 aliphatic carbocycles. The van der Waals surface area contributed by atoms with E-state index < -0.39 is 22.4 Å². The number of hydrogen-bond acceptors (Lipinski definition) is 7. The monoisotopic (exact) mass is 368 g/mol. The second-order valence-corrected chi connectivity index (χ2v) is 7.79. The van der Waals surface area contributed by atoms with Gasteiger partial charge in [0.1, 0.15) is 17.6 Å². The fraction of sp³-hybridized carbons (Fsp3) is 0.842. The van der Waals surface area contributed by atoms with Crippen LogP contribution in [0.5, 0.6) is 0 Å². The van der Waals surface area contributed by atoms with Gasteiger partial charge in [-0.1, -0.05) is 25.7 Å². The van der Waals surface area contributed by atoms with Crippen molar-refractivity contribution in [1.82, 2.24) is 0 Å². The first kappa shape index (κ1) is 19.1. The maximum atomic E-state index is 13.0. The third-order valence-corrected chi connectivity index (χ3v) is 6.70. The van der Waals surface area contributed by atoms with Gasteiger partial charge in [0.15, 0.2) is 0 Å². The van der Waals surface area contributed by atoms with Crippen LogP contribution < -0.4 is 0 Å². The van der Waals surface area contributed by atoms with Crippen LogP contribution >= 0.6 is 0 Å². The van der Waals surface area contributed by atoms with Gasteiger partial charge in [-0.15, -0.1) is 0 Å². The normalized spacial score (nSPS) is 38.7. The molecule has 1 spiro atoms. The maximum absolute atomic E-state index is 13.0. The first-order chi connectivity index (χ1) is 12.4. The molecule has 7 heteroatoms. The lowest BCUT2D eigenvalue weighted by Crippen LogP contribution is -2.53. The summed E-state index contributed by atoms with van der Waals surface area (Å²) in [5.41, 5.74) is -2.39. The van der Waals surface area contributed by atoms with Gasteiger partial charge in [0.05, 0.1) is 13.2 Å². The molecular formula is C19H28O7. The van der Waals surface area contributed by atoms with E-state index in [1.54, 1.807) is 7.11 Å². The molecular weight excluding hydrogens is 340 g/mol. The van der Waals surface area contributed by atoms with Gasteiger partial charge in [0.25, 0.3) is 0 Å². The predicted octanol–water partition coefficient (Wildman–Crippen LogP) is 2.01. The Morgan fingerprint density at radius 2 is 1.65 bits per heavy atom. The summed E-state index contributed by atoms with van der Waals surface area (Å²) in [5, 5.41) is 0. The van der Waals surface area contributed by atoms with Crippen LogP contribution in [-0.2, 0) is 33.3 Å². The Morgan fingerprint density at radius 3 is 2.27 bits per heavy atom. The van der Waals surface area contributed by atoms with Gasteiger partial charge in [-0.3, -0.25) is 14.4 Å². The molecule has 2 saturated carbocycles. The zero-order valence-electron chi connectivity index (χ0n) is 15.8. The largest absolute Gasteiger partial charge is 0.465 e. The van der Waals surface area contributed by atoms with Crippen LogP contribution in [0.3, 0.4) is 0 Å². The second-order valence-electron chi connectivity index (χ2n) is 7.79. The summed E-state index contributed by atoms with van der Waals surface area (Å²) in [4.78, 5) is 36.0. The van der Waals surface area contributed by atoms with Crippen LogP contribution in [0.25, 0.3) is 0 Å². The number of rotatable bonds is 5. The van der Waals surface area contributed by atoms with Crippen molar-refractivity contribution in [2.24, 2.45) is 16.7 Å². The zero-order valence-corrected chi connectivity index (χ0v) is 15.8. The number of methoxy groups -OCH3 is 1. The van der Waals surface area contributed by atoms with E-state index in [-0.39, 0.29) is 31.1 Å². The fourth-order valence-corrected chi connectivity index (χ4v) is 5.56. The van der Waals surface area contributed by atoms with Crippen LogP contribution in [0.15, 0.2) is 0 Å². The summed E-state index contributed by atoms with van der Waals surface area (Å²) in [7, 11) is 1.56. The van der Waals surface area contributed by atoms with Crippen molar-refractivity contribution in [3.63, 3.8) is 0 Å². The fourth-order valence-electron chi connectivity index (χ4n) is 5.56. The van der Waals surface area contributed by atoms with Gasteiger partial charge in [-0.05, 0) is 12.8 Å². The highest BCUT2D eigenvalue weighted by molar-refractivity contribution is 5.88. The lowest BCUT2D eigenvalue weighted by atomic mass is 9.74. The minimum Gasteiger partial charge on any atom is -0.465 e. The Kier molecular flexibility index (Phi) is 5.03. The van der Waals surface area contributed by atoms with Crippen LogP contribution in [0, 0.1) is 16.7 Å². The van der Waals surface area contributed by atoms with Gasteiger partial charge in [-0.25, -0.2) is 0 Å². The predicted molar refractivity (Wildman–Crippen MR) is 90.0 cm³/mol. The summed E-state index contributed by atoms with van der Waals surface area (Å²) in [6.45, 7) is 3.20. The number of fused-ring (bicyclic) bond motifs is 1. The smallest absolute Gasteiger partial charge is 0.316 e. The van der Waals surface area contributed by atoms with Crippen molar-refractivity contribution in [2.75, 3.05) is 26.9 Å². The van der Waals surface area contributed by atoms with E-state index in [9.17, 15) is 14.4 Å². The SMILES string of the molecule is CO[C@@]1(COC(C)=O)CCCCCC[C@@]2(COC(C)=O)[C@H]3COC(=O)[C@@]312. The van der Waals surface area contributed by atoms with Crippen LogP contribution in [-0.4, -0.2) is 50.4 Å². The van der Waals surface area contributed by atoms with Crippen molar-refractivity contribution in [3.8, 4) is 0 Å². The molecule has 0 unspecified atom stereocenters. The summed E-state index contributed by atoms with van der Waals surface area (Å²) >= 11 is 0. The summed E-state index contributed by atoms with van der Waals surface area (Å²) in [6, 6.07) is 0. The zero-order chi connectivity index (χ0) is 19.0. The first-order valence-electron chi connectivity index (χ1n) is 9.35. The third kappa shape index (κ3) is 2.54. The minimum atomic E-state index is -0.957. The number of ether oxygens (including phenoxy) is 4. The molecule has 1 aliphatic heterocycles. The molecule has 3 fully saturated rings. The Hall–Kier alpha value is -1.63. The highest BCUT2D eigenvalue weighted by atomic mass is 16.6. The van der Waals surface area contributed by atoms with Crippen molar-refractivity contribution >= 4 is 17.9 Å². The molecule has 3 rings (SSSR count). The number of carbonyl (C=O) groups excluding carboxylic acids is 3. The number of cyclic esters (lactones) is 1. The molecule has 3 aliphatic rings. The van der Waals surface area contributed by atoms with Gasteiger partial charge >= 0.3 is 17.9 Å². The molecule has 0 radical (unpaired) electrons. The van der Waals surface area contributed by atoms with E-state index in [4.69, 9.17) is 18.9 Å². The summed E-state index contributed by atoms with van der Waals surface area (Å²) in [5.74, 6) is -1.18. The standard InChI is InChI=1S/C19H28O7/c1-13(20)25-11-17-8-6-4-5-7-9-18(23-3,12-26-14(2)21)19(17)15(17)10-24-16(19)22/h15H,4-12H2,1-3H3/t15-,17-,18-,19-/m1/s1. The van der Waals surface area contributed by atoms with E-state index in [1.165, 1.54) is 13.8 Å². The first-order valence-corrected chi connectivity index (χ1v) is 9.35. The number of hydrogen-bond donors (Lipinski definition) is 0. The van der Waals surface area contributed by atoms with E-state index in [2.05, 4.69) is 0 Å². The Labute approximate surface area is 153 Å². The van der Waals surface area contributed by atoms with Gasteiger partial charge in [0, 0.05) is 32.3 Å². The molecule has 26 heavy (non-hydrogen) atoms. The van der Waals surface area contributed by atoms with Crippen molar-refractivity contribution in [1.29, 1.82) is 0 Å². The summed E-state index contributed by atoms with van der Waals surface area (Å²) in [6.07, 6.45) is 5.27. The lowest BCUT2D eigenvalue weighted by molar-refractivity contribution is -0.183. The molecule has 4 atom stereocenters. The number of esters is 3. The molecule has 0 aromatic rings. The lowest BCUT2D eigenvalue weighted by Gasteiger charge is -2.40. The van der Waals surface area contributed by atoms with E-state index in [1.807, 2.05) is 0 Å².